The Balaban J connectivity index is 2.53. The van der Waals surface area contributed by atoms with Gasteiger partial charge in [-0.05, 0) is 6.07 Å². The van der Waals surface area contributed by atoms with Gasteiger partial charge in [-0.1, -0.05) is 12.1 Å². The maximum Gasteiger partial charge on any atom is 0.394 e. The van der Waals surface area contributed by atoms with Crippen LogP contribution in [0.5, 0.6) is 6.08 Å². The topological polar surface area (TPSA) is 81.8 Å². The Morgan fingerprint density at radius 1 is 1.47 bits per heavy atom. The molecule has 0 amide bonds. The van der Waals surface area contributed by atoms with E-state index in [0.29, 0.717) is 16.7 Å². The number of carbonyl (C=O) groups is 1. The van der Waals surface area contributed by atoms with Crippen LogP contribution in [0.25, 0.3) is 11.1 Å². The number of para-hydroxylation sites is 1. The van der Waals surface area contributed by atoms with E-state index in [2.05, 4.69) is 9.72 Å². The van der Waals surface area contributed by atoms with Gasteiger partial charge >= 0.3 is 12.0 Å². The van der Waals surface area contributed by atoms with Crippen molar-refractivity contribution in [1.29, 1.82) is 0 Å². The Morgan fingerprint density at radius 2 is 2.24 bits per heavy atom. The molecule has 6 heteroatoms. The van der Waals surface area contributed by atoms with Crippen LogP contribution in [0.1, 0.15) is 11.7 Å². The Hall–Kier alpha value is -2.08. The normalized spacial score (nSPS) is 12.4. The van der Waals surface area contributed by atoms with Crippen molar-refractivity contribution in [2.24, 2.45) is 0 Å². The van der Waals surface area contributed by atoms with Crippen LogP contribution in [0, 0.1) is 0 Å². The maximum atomic E-state index is 11.3. The van der Waals surface area contributed by atoms with Crippen LogP contribution in [0.2, 0.25) is 0 Å². The van der Waals surface area contributed by atoms with Crippen molar-refractivity contribution in [2.45, 2.75) is 6.10 Å². The molecule has 0 radical (unpaired) electrons. The number of aliphatic hydroxyl groups is 1. The number of benzene rings is 1. The van der Waals surface area contributed by atoms with Crippen LogP contribution in [0.15, 0.2) is 22.6 Å². The average molecular weight is 237 g/mol. The lowest BCUT2D eigenvalue weighted by atomic mass is 10.1. The monoisotopic (exact) mass is 237 g/mol. The molecule has 0 saturated heterocycles. The molecule has 17 heavy (non-hydrogen) atoms. The average Bonchev–Trinajstić information content (AvgIpc) is 2.79. The number of hydrogen-bond donors (Lipinski definition) is 1. The lowest BCUT2D eigenvalue weighted by Crippen LogP contribution is -2.13. The molecule has 1 aromatic heterocycles. The molecule has 0 spiro atoms. The van der Waals surface area contributed by atoms with E-state index in [1.165, 1.54) is 14.2 Å². The predicted octanol–water partition coefficient (Wildman–Crippen LogP) is 1.04. The van der Waals surface area contributed by atoms with Crippen molar-refractivity contribution in [2.75, 3.05) is 14.2 Å². The molecular formula is C11H11NO5. The zero-order valence-corrected chi connectivity index (χ0v) is 9.34. The minimum Gasteiger partial charge on any atom is -0.467 e. The van der Waals surface area contributed by atoms with Gasteiger partial charge in [0.05, 0.1) is 14.2 Å². The smallest absolute Gasteiger partial charge is 0.394 e. The molecule has 1 heterocycles. The predicted molar refractivity (Wildman–Crippen MR) is 57.5 cm³/mol. The second kappa shape index (κ2) is 4.42. The van der Waals surface area contributed by atoms with Gasteiger partial charge in [-0.25, -0.2) is 4.79 Å². The van der Waals surface area contributed by atoms with E-state index in [4.69, 9.17) is 9.15 Å². The highest BCUT2D eigenvalue weighted by Crippen LogP contribution is 2.27. The second-order valence-corrected chi connectivity index (χ2v) is 3.30. The zero-order valence-electron chi connectivity index (χ0n) is 9.34. The lowest BCUT2D eigenvalue weighted by molar-refractivity contribution is -0.150. The van der Waals surface area contributed by atoms with Gasteiger partial charge in [0, 0.05) is 5.56 Å². The Labute approximate surface area is 96.8 Å². The van der Waals surface area contributed by atoms with Gasteiger partial charge in [0.2, 0.25) is 0 Å². The van der Waals surface area contributed by atoms with Gasteiger partial charge in [0.15, 0.2) is 11.7 Å². The van der Waals surface area contributed by atoms with Crippen LogP contribution in [-0.4, -0.2) is 30.3 Å². The summed E-state index contributed by atoms with van der Waals surface area (Å²) in [6, 6.07) is 4.89. The number of esters is 1. The highest BCUT2D eigenvalue weighted by Gasteiger charge is 2.22. The van der Waals surface area contributed by atoms with Crippen molar-refractivity contribution < 1.29 is 23.8 Å². The standard InChI is InChI=1S/C11H11NO5/c1-15-10(14)9(13)6-4-3-5-7-8(6)12-11(16-2)17-7/h3-5,9,13H,1-2H3. The number of ether oxygens (including phenoxy) is 2. The molecule has 2 aromatic rings. The first kappa shape index (κ1) is 11.4. The highest BCUT2D eigenvalue weighted by atomic mass is 16.6. The molecule has 1 N–H and O–H groups in total. The van der Waals surface area contributed by atoms with Gasteiger partial charge in [0.1, 0.15) is 5.52 Å². The number of aliphatic hydroxyl groups excluding tert-OH is 1. The van der Waals surface area contributed by atoms with E-state index in [9.17, 15) is 9.90 Å². The third kappa shape index (κ3) is 1.94. The fourth-order valence-corrected chi connectivity index (χ4v) is 1.50. The summed E-state index contributed by atoms with van der Waals surface area (Å²) in [6.07, 6.45) is -1.32. The number of methoxy groups -OCH3 is 2. The minimum absolute atomic E-state index is 0.0736. The molecule has 0 fully saturated rings. The second-order valence-electron chi connectivity index (χ2n) is 3.30. The number of rotatable bonds is 3. The van der Waals surface area contributed by atoms with Gasteiger partial charge in [-0.2, -0.15) is 4.98 Å². The van der Waals surface area contributed by atoms with Crippen LogP contribution >= 0.6 is 0 Å². The molecule has 0 aliphatic rings. The Morgan fingerprint density at radius 3 is 2.88 bits per heavy atom. The molecule has 6 nitrogen and oxygen atoms in total. The van der Waals surface area contributed by atoms with Crippen LogP contribution < -0.4 is 4.74 Å². The molecule has 0 aliphatic heterocycles. The van der Waals surface area contributed by atoms with E-state index >= 15 is 0 Å². The number of nitrogens with zero attached hydrogens (tertiary/aromatic N) is 1. The maximum absolute atomic E-state index is 11.3. The van der Waals surface area contributed by atoms with Gasteiger partial charge < -0.3 is 19.0 Å². The van der Waals surface area contributed by atoms with Crippen molar-refractivity contribution in [1.82, 2.24) is 4.98 Å². The third-order valence-electron chi connectivity index (χ3n) is 2.32. The fourth-order valence-electron chi connectivity index (χ4n) is 1.50. The van der Waals surface area contributed by atoms with E-state index in [1.807, 2.05) is 0 Å². The number of hydrogen-bond acceptors (Lipinski definition) is 6. The van der Waals surface area contributed by atoms with E-state index in [-0.39, 0.29) is 6.08 Å². The summed E-state index contributed by atoms with van der Waals surface area (Å²) in [6.45, 7) is 0. The fraction of sp³-hybridized carbons (Fsp3) is 0.273. The molecule has 0 aliphatic carbocycles. The molecule has 0 saturated carbocycles. The van der Waals surface area contributed by atoms with Crippen molar-refractivity contribution in [3.63, 3.8) is 0 Å². The summed E-state index contributed by atoms with van der Waals surface area (Å²) >= 11 is 0. The third-order valence-corrected chi connectivity index (χ3v) is 2.32. The van der Waals surface area contributed by atoms with Gasteiger partial charge in [0.25, 0.3) is 0 Å². The van der Waals surface area contributed by atoms with E-state index in [1.54, 1.807) is 18.2 Å². The molecule has 1 aromatic carbocycles. The Kier molecular flexibility index (Phi) is 2.97. The minimum atomic E-state index is -1.39. The first-order valence-electron chi connectivity index (χ1n) is 4.86. The van der Waals surface area contributed by atoms with Crippen molar-refractivity contribution >= 4 is 17.1 Å². The van der Waals surface area contributed by atoms with E-state index < -0.39 is 12.1 Å². The van der Waals surface area contributed by atoms with Crippen LogP contribution in [0.3, 0.4) is 0 Å². The molecule has 1 atom stereocenters. The molecular weight excluding hydrogens is 226 g/mol. The molecule has 1 unspecified atom stereocenters. The van der Waals surface area contributed by atoms with Crippen molar-refractivity contribution in [3.8, 4) is 6.08 Å². The molecule has 0 bridgehead atoms. The zero-order chi connectivity index (χ0) is 12.4. The lowest BCUT2D eigenvalue weighted by Gasteiger charge is -2.07. The number of oxazole rings is 1. The first-order valence-corrected chi connectivity index (χ1v) is 4.86. The van der Waals surface area contributed by atoms with Crippen LogP contribution in [0.4, 0.5) is 0 Å². The SMILES string of the molecule is COC(=O)C(O)c1cccc2oc(OC)nc12. The van der Waals surface area contributed by atoms with Gasteiger partial charge in [-0.15, -0.1) is 0 Å². The quantitative estimate of drug-likeness (QED) is 0.803. The van der Waals surface area contributed by atoms with E-state index in [0.717, 1.165) is 0 Å². The largest absolute Gasteiger partial charge is 0.467 e. The summed E-state index contributed by atoms with van der Waals surface area (Å²) in [5.41, 5.74) is 1.13. The Bertz CT molecular complexity index is 548. The summed E-state index contributed by atoms with van der Waals surface area (Å²) < 4.78 is 14.5. The number of aromatic nitrogens is 1. The summed E-state index contributed by atoms with van der Waals surface area (Å²) in [5, 5.41) is 9.77. The summed E-state index contributed by atoms with van der Waals surface area (Å²) in [4.78, 5) is 15.3. The number of fused-ring (bicyclic) bond motifs is 1. The van der Waals surface area contributed by atoms with Crippen LogP contribution in [-0.2, 0) is 9.53 Å². The summed E-state index contributed by atoms with van der Waals surface area (Å²) in [7, 11) is 2.62. The molecule has 90 valence electrons. The molecule has 2 rings (SSSR count). The summed E-state index contributed by atoms with van der Waals surface area (Å²) in [5.74, 6) is -0.750. The van der Waals surface area contributed by atoms with Gasteiger partial charge in [-0.3, -0.25) is 0 Å². The highest BCUT2D eigenvalue weighted by molar-refractivity contribution is 5.85. The number of carbonyl (C=O) groups excluding carboxylic acids is 1. The first-order chi connectivity index (χ1) is 8.17. The van der Waals surface area contributed by atoms with Crippen molar-refractivity contribution in [3.05, 3.63) is 23.8 Å².